The first kappa shape index (κ1) is 11.3. The molecule has 0 saturated heterocycles. The largest absolute Gasteiger partial charge is 0.508 e. The lowest BCUT2D eigenvalue weighted by Gasteiger charge is -2.12. The van der Waals surface area contributed by atoms with E-state index in [1.807, 2.05) is 0 Å². The third-order valence-corrected chi connectivity index (χ3v) is 1.94. The Kier molecular flexibility index (Phi) is 3.51. The molecule has 0 radical (unpaired) electrons. The van der Waals surface area contributed by atoms with Crippen LogP contribution in [0, 0.1) is 0 Å². The van der Waals surface area contributed by atoms with Gasteiger partial charge in [0.25, 0.3) is 0 Å². The predicted octanol–water partition coefficient (Wildman–Crippen LogP) is 0.607. The van der Waals surface area contributed by atoms with Crippen LogP contribution in [0.3, 0.4) is 0 Å². The van der Waals surface area contributed by atoms with Crippen LogP contribution in [0.25, 0.3) is 0 Å². The molecular weight excluding hydrogens is 200 g/mol. The summed E-state index contributed by atoms with van der Waals surface area (Å²) in [6.07, 6.45) is -1.41. The number of ether oxygens (including phenoxy) is 2. The third-order valence-electron chi connectivity index (χ3n) is 1.94. The molecule has 0 heterocycles. The molecule has 0 aliphatic carbocycles. The summed E-state index contributed by atoms with van der Waals surface area (Å²) in [5, 5.41) is 18.7. The Morgan fingerprint density at radius 2 is 2.07 bits per heavy atom. The van der Waals surface area contributed by atoms with Gasteiger partial charge in [-0.1, -0.05) is 0 Å². The van der Waals surface area contributed by atoms with Crippen LogP contribution < -0.4 is 4.74 Å². The van der Waals surface area contributed by atoms with E-state index in [0.29, 0.717) is 0 Å². The molecule has 0 amide bonds. The highest BCUT2D eigenvalue weighted by atomic mass is 16.5. The highest BCUT2D eigenvalue weighted by Crippen LogP contribution is 2.29. The molecule has 0 spiro atoms. The summed E-state index contributed by atoms with van der Waals surface area (Å²) in [5.41, 5.74) is 0.252. The van der Waals surface area contributed by atoms with Crippen molar-refractivity contribution in [3.8, 4) is 11.5 Å². The zero-order chi connectivity index (χ0) is 11.4. The molecule has 0 bridgehead atoms. The Hall–Kier alpha value is -1.75. The number of benzene rings is 1. The molecule has 2 N–H and O–H groups in total. The summed E-state index contributed by atoms with van der Waals surface area (Å²) in [5.74, 6) is -0.556. The number of methoxy groups -OCH3 is 2. The first-order valence-electron chi connectivity index (χ1n) is 4.23. The van der Waals surface area contributed by atoms with Gasteiger partial charge in [0, 0.05) is 11.6 Å². The predicted molar refractivity (Wildman–Crippen MR) is 51.6 cm³/mol. The molecule has 0 saturated carbocycles. The lowest BCUT2D eigenvalue weighted by Crippen LogP contribution is -2.14. The minimum Gasteiger partial charge on any atom is -0.508 e. The fraction of sp³-hybridized carbons (Fsp3) is 0.300. The number of hydrogen-bond acceptors (Lipinski definition) is 5. The van der Waals surface area contributed by atoms with E-state index < -0.39 is 12.1 Å². The normalized spacial score (nSPS) is 11.9. The highest BCUT2D eigenvalue weighted by molar-refractivity contribution is 5.77. The SMILES string of the molecule is COC(=O)C(O)c1ccc(O)cc1OC. The summed E-state index contributed by atoms with van der Waals surface area (Å²) in [4.78, 5) is 11.1. The fourth-order valence-electron chi connectivity index (χ4n) is 1.16. The molecule has 15 heavy (non-hydrogen) atoms. The van der Waals surface area contributed by atoms with Crippen molar-refractivity contribution in [2.45, 2.75) is 6.10 Å². The zero-order valence-electron chi connectivity index (χ0n) is 8.43. The number of esters is 1. The van der Waals surface area contributed by atoms with Gasteiger partial charge in [-0.2, -0.15) is 0 Å². The van der Waals surface area contributed by atoms with Gasteiger partial charge in [-0.3, -0.25) is 0 Å². The van der Waals surface area contributed by atoms with Crippen LogP contribution in [0.15, 0.2) is 18.2 Å². The van der Waals surface area contributed by atoms with Gasteiger partial charge in [-0.25, -0.2) is 4.79 Å². The number of hydrogen-bond donors (Lipinski definition) is 2. The van der Waals surface area contributed by atoms with Crippen molar-refractivity contribution < 1.29 is 24.5 Å². The van der Waals surface area contributed by atoms with E-state index in [1.54, 1.807) is 0 Å². The molecular formula is C10H12O5. The van der Waals surface area contributed by atoms with Crippen LogP contribution >= 0.6 is 0 Å². The molecule has 0 aliphatic heterocycles. The Morgan fingerprint density at radius 3 is 2.60 bits per heavy atom. The first-order valence-corrected chi connectivity index (χ1v) is 4.23. The second kappa shape index (κ2) is 4.65. The maximum absolute atomic E-state index is 11.1. The van der Waals surface area contributed by atoms with Gasteiger partial charge in [-0.15, -0.1) is 0 Å². The van der Waals surface area contributed by atoms with E-state index in [4.69, 9.17) is 9.84 Å². The molecule has 0 fully saturated rings. The molecule has 1 rings (SSSR count). The minimum atomic E-state index is -1.41. The molecule has 5 nitrogen and oxygen atoms in total. The van der Waals surface area contributed by atoms with Crippen molar-refractivity contribution in [2.75, 3.05) is 14.2 Å². The van der Waals surface area contributed by atoms with Gasteiger partial charge < -0.3 is 19.7 Å². The maximum Gasteiger partial charge on any atom is 0.339 e. The number of carbonyl (C=O) groups is 1. The molecule has 1 aromatic carbocycles. The quantitative estimate of drug-likeness (QED) is 0.718. The summed E-state index contributed by atoms with van der Waals surface area (Å²) >= 11 is 0. The molecule has 1 atom stereocenters. The van der Waals surface area contributed by atoms with Crippen LogP contribution in [0.2, 0.25) is 0 Å². The number of phenolic OH excluding ortho intramolecular Hbond substituents is 1. The lowest BCUT2D eigenvalue weighted by atomic mass is 10.1. The average molecular weight is 212 g/mol. The third kappa shape index (κ3) is 2.38. The van der Waals surface area contributed by atoms with E-state index in [1.165, 1.54) is 32.4 Å². The number of aromatic hydroxyl groups is 1. The number of carbonyl (C=O) groups excluding carboxylic acids is 1. The van der Waals surface area contributed by atoms with Crippen molar-refractivity contribution in [3.05, 3.63) is 23.8 Å². The van der Waals surface area contributed by atoms with Gasteiger partial charge in [0.05, 0.1) is 14.2 Å². The Morgan fingerprint density at radius 1 is 1.40 bits per heavy atom. The van der Waals surface area contributed by atoms with E-state index in [-0.39, 0.29) is 17.1 Å². The number of phenols is 1. The topological polar surface area (TPSA) is 76.0 Å². The average Bonchev–Trinajstić information content (AvgIpc) is 2.26. The summed E-state index contributed by atoms with van der Waals surface area (Å²) in [6.45, 7) is 0. The van der Waals surface area contributed by atoms with Gasteiger partial charge in [0.15, 0.2) is 6.10 Å². The van der Waals surface area contributed by atoms with Gasteiger partial charge >= 0.3 is 5.97 Å². The highest BCUT2D eigenvalue weighted by Gasteiger charge is 2.21. The second-order valence-electron chi connectivity index (χ2n) is 2.85. The number of rotatable bonds is 3. The Balaban J connectivity index is 3.07. The molecule has 0 aliphatic rings. The summed E-state index contributed by atoms with van der Waals surface area (Å²) < 4.78 is 9.30. The zero-order valence-corrected chi connectivity index (χ0v) is 8.43. The molecule has 1 unspecified atom stereocenters. The van der Waals surface area contributed by atoms with Gasteiger partial charge in [0.2, 0.25) is 0 Å². The Labute approximate surface area is 86.9 Å². The van der Waals surface area contributed by atoms with Crippen LogP contribution in [0.1, 0.15) is 11.7 Å². The van der Waals surface area contributed by atoms with E-state index in [0.717, 1.165) is 0 Å². The lowest BCUT2D eigenvalue weighted by molar-refractivity contribution is -0.150. The van der Waals surface area contributed by atoms with Crippen molar-refractivity contribution in [1.29, 1.82) is 0 Å². The van der Waals surface area contributed by atoms with Crippen molar-refractivity contribution >= 4 is 5.97 Å². The summed E-state index contributed by atoms with van der Waals surface area (Å²) in [6, 6.07) is 4.06. The molecule has 5 heteroatoms. The second-order valence-corrected chi connectivity index (χ2v) is 2.85. The van der Waals surface area contributed by atoms with E-state index in [2.05, 4.69) is 4.74 Å². The smallest absolute Gasteiger partial charge is 0.339 e. The Bertz CT molecular complexity index is 361. The van der Waals surface area contributed by atoms with E-state index >= 15 is 0 Å². The van der Waals surface area contributed by atoms with Crippen LogP contribution in [-0.4, -0.2) is 30.4 Å². The van der Waals surface area contributed by atoms with E-state index in [9.17, 15) is 9.90 Å². The van der Waals surface area contributed by atoms with Crippen LogP contribution in [0.4, 0.5) is 0 Å². The number of aliphatic hydroxyl groups is 1. The van der Waals surface area contributed by atoms with Crippen molar-refractivity contribution in [2.24, 2.45) is 0 Å². The van der Waals surface area contributed by atoms with Crippen molar-refractivity contribution in [3.63, 3.8) is 0 Å². The standard InChI is InChI=1S/C10H12O5/c1-14-8-5-6(11)3-4-7(8)9(12)10(13)15-2/h3-5,9,11-12H,1-2H3. The van der Waals surface area contributed by atoms with Gasteiger partial charge in [0.1, 0.15) is 11.5 Å². The van der Waals surface area contributed by atoms with Gasteiger partial charge in [-0.05, 0) is 12.1 Å². The summed E-state index contributed by atoms with van der Waals surface area (Å²) in [7, 11) is 2.56. The maximum atomic E-state index is 11.1. The molecule has 0 aromatic heterocycles. The minimum absolute atomic E-state index is 0.00679. The monoisotopic (exact) mass is 212 g/mol. The number of aliphatic hydroxyl groups excluding tert-OH is 1. The fourth-order valence-corrected chi connectivity index (χ4v) is 1.16. The van der Waals surface area contributed by atoms with Crippen molar-refractivity contribution in [1.82, 2.24) is 0 Å². The molecule has 1 aromatic rings. The molecule has 82 valence electrons. The first-order chi connectivity index (χ1) is 7.10. The van der Waals surface area contributed by atoms with Crippen LogP contribution in [0.5, 0.6) is 11.5 Å². The van der Waals surface area contributed by atoms with Crippen LogP contribution in [-0.2, 0) is 9.53 Å².